The van der Waals surface area contributed by atoms with Gasteiger partial charge in [-0.2, -0.15) is 0 Å². The number of rotatable bonds is 5. The van der Waals surface area contributed by atoms with E-state index in [4.69, 9.17) is 9.47 Å². The summed E-state index contributed by atoms with van der Waals surface area (Å²) < 4.78 is 36.5. The van der Waals surface area contributed by atoms with E-state index in [1.165, 1.54) is 7.11 Å². The molecule has 0 atom stereocenters. The van der Waals surface area contributed by atoms with Crippen LogP contribution >= 0.6 is 0 Å². The first-order valence-corrected chi connectivity index (χ1v) is 6.29. The number of ether oxygens (including phenoxy) is 2. The summed E-state index contributed by atoms with van der Waals surface area (Å²) in [5.74, 6) is 1.26. The predicted molar refractivity (Wildman–Crippen MR) is 78.2 cm³/mol. The summed E-state index contributed by atoms with van der Waals surface area (Å²) in [6, 6.07) is 13.0. The van der Waals surface area contributed by atoms with Gasteiger partial charge < -0.3 is 9.47 Å². The van der Waals surface area contributed by atoms with Crippen molar-refractivity contribution < 1.29 is 18.3 Å². The van der Waals surface area contributed by atoms with Crippen LogP contribution in [0.2, 0.25) is 0 Å². The van der Waals surface area contributed by atoms with Crippen LogP contribution in [-0.4, -0.2) is 26.4 Å². The van der Waals surface area contributed by atoms with E-state index >= 15 is 0 Å². The largest absolute Gasteiger partial charge is 0.497 e. The fourth-order valence-electron chi connectivity index (χ4n) is 1.80. The van der Waals surface area contributed by atoms with Crippen molar-refractivity contribution >= 4 is 11.4 Å². The van der Waals surface area contributed by atoms with Gasteiger partial charge in [0.15, 0.2) is 0 Å². The van der Waals surface area contributed by atoms with E-state index in [0.717, 1.165) is 0 Å². The standard InChI is InChI=1S/C16H15F2NO2/c1-20-13-7-3-11(4-8-13)15(16(17)18)19-12-5-9-14(21-2)10-6-12/h3-10,16H,1-2H3. The van der Waals surface area contributed by atoms with Crippen LogP contribution in [0, 0.1) is 0 Å². The Morgan fingerprint density at radius 2 is 1.33 bits per heavy atom. The van der Waals surface area contributed by atoms with E-state index in [2.05, 4.69) is 4.99 Å². The minimum atomic E-state index is -2.67. The van der Waals surface area contributed by atoms with E-state index in [9.17, 15) is 8.78 Å². The van der Waals surface area contributed by atoms with Crippen LogP contribution in [0.1, 0.15) is 5.56 Å². The van der Waals surface area contributed by atoms with Crippen LogP contribution in [0.4, 0.5) is 14.5 Å². The second kappa shape index (κ2) is 6.83. The SMILES string of the molecule is COc1ccc(N=C(c2ccc(OC)cc2)C(F)F)cc1. The van der Waals surface area contributed by atoms with Gasteiger partial charge in [0.25, 0.3) is 6.43 Å². The van der Waals surface area contributed by atoms with Gasteiger partial charge in [0, 0.05) is 5.56 Å². The number of benzene rings is 2. The van der Waals surface area contributed by atoms with Gasteiger partial charge in [-0.05, 0) is 48.5 Å². The molecule has 0 spiro atoms. The summed E-state index contributed by atoms with van der Waals surface area (Å²) in [6.45, 7) is 0. The number of methoxy groups -OCH3 is 2. The lowest BCUT2D eigenvalue weighted by Gasteiger charge is -2.07. The first-order valence-electron chi connectivity index (χ1n) is 6.29. The molecule has 0 aromatic heterocycles. The molecule has 5 heteroatoms. The molecule has 0 aliphatic heterocycles. The third-order valence-electron chi connectivity index (χ3n) is 2.91. The maximum absolute atomic E-state index is 13.2. The minimum Gasteiger partial charge on any atom is -0.497 e. The smallest absolute Gasteiger partial charge is 0.280 e. The zero-order valence-electron chi connectivity index (χ0n) is 11.7. The predicted octanol–water partition coefficient (Wildman–Crippen LogP) is 4.09. The van der Waals surface area contributed by atoms with Gasteiger partial charge in [-0.1, -0.05) is 0 Å². The lowest BCUT2D eigenvalue weighted by atomic mass is 10.1. The molecular formula is C16H15F2NO2. The van der Waals surface area contributed by atoms with Crippen LogP contribution in [-0.2, 0) is 0 Å². The molecule has 0 unspecified atom stereocenters. The molecule has 3 nitrogen and oxygen atoms in total. The maximum atomic E-state index is 13.2. The van der Waals surface area contributed by atoms with Crippen LogP contribution < -0.4 is 9.47 Å². The third kappa shape index (κ3) is 3.78. The van der Waals surface area contributed by atoms with Crippen molar-refractivity contribution in [1.82, 2.24) is 0 Å². The van der Waals surface area contributed by atoms with Crippen LogP contribution in [0.25, 0.3) is 0 Å². The highest BCUT2D eigenvalue weighted by molar-refractivity contribution is 6.04. The Morgan fingerprint density at radius 1 is 0.857 bits per heavy atom. The molecule has 21 heavy (non-hydrogen) atoms. The fraction of sp³-hybridized carbons (Fsp3) is 0.188. The number of alkyl halides is 2. The molecule has 0 radical (unpaired) electrons. The van der Waals surface area contributed by atoms with Crippen molar-refractivity contribution in [3.8, 4) is 11.5 Å². The number of aliphatic imine (C=N–C) groups is 1. The molecule has 0 saturated heterocycles. The Kier molecular flexibility index (Phi) is 4.87. The number of halogens is 2. The summed E-state index contributed by atoms with van der Waals surface area (Å²) in [5.41, 5.74) is 0.534. The molecule has 0 heterocycles. The zero-order chi connectivity index (χ0) is 15.2. The third-order valence-corrected chi connectivity index (χ3v) is 2.91. The summed E-state index contributed by atoms with van der Waals surface area (Å²) in [5, 5.41) is 0. The molecular weight excluding hydrogens is 276 g/mol. The Balaban J connectivity index is 2.34. The highest BCUT2D eigenvalue weighted by Gasteiger charge is 2.16. The molecule has 110 valence electrons. The fourth-order valence-corrected chi connectivity index (χ4v) is 1.80. The molecule has 0 amide bonds. The highest BCUT2D eigenvalue weighted by Crippen LogP contribution is 2.22. The Labute approximate surface area is 121 Å². The summed E-state index contributed by atoms with van der Waals surface area (Å²) >= 11 is 0. The average molecular weight is 291 g/mol. The van der Waals surface area contributed by atoms with Gasteiger partial charge in [0.1, 0.15) is 17.2 Å². The van der Waals surface area contributed by atoms with Crippen LogP contribution in [0.15, 0.2) is 53.5 Å². The first kappa shape index (κ1) is 15.0. The minimum absolute atomic E-state index is 0.275. The molecule has 0 bridgehead atoms. The lowest BCUT2D eigenvalue weighted by Crippen LogP contribution is -2.11. The molecule has 0 saturated carbocycles. The Bertz CT molecular complexity index is 607. The van der Waals surface area contributed by atoms with E-state index < -0.39 is 6.43 Å². The quantitative estimate of drug-likeness (QED) is 0.777. The van der Waals surface area contributed by atoms with Crippen LogP contribution in [0.3, 0.4) is 0 Å². The monoisotopic (exact) mass is 291 g/mol. The van der Waals surface area contributed by atoms with Gasteiger partial charge in [0.05, 0.1) is 19.9 Å². The second-order valence-corrected chi connectivity index (χ2v) is 4.22. The van der Waals surface area contributed by atoms with Gasteiger partial charge in [-0.25, -0.2) is 13.8 Å². The summed E-state index contributed by atoms with van der Waals surface area (Å²) in [7, 11) is 3.06. The van der Waals surface area contributed by atoms with Gasteiger partial charge in [-0.3, -0.25) is 0 Å². The summed E-state index contributed by atoms with van der Waals surface area (Å²) in [4.78, 5) is 4.03. The van der Waals surface area contributed by atoms with Crippen molar-refractivity contribution in [2.75, 3.05) is 14.2 Å². The van der Waals surface area contributed by atoms with Crippen molar-refractivity contribution in [1.29, 1.82) is 0 Å². The van der Waals surface area contributed by atoms with Gasteiger partial charge >= 0.3 is 0 Å². The average Bonchev–Trinajstić information content (AvgIpc) is 2.53. The van der Waals surface area contributed by atoms with Crippen molar-refractivity contribution in [3.63, 3.8) is 0 Å². The van der Waals surface area contributed by atoms with E-state index in [1.807, 2.05) is 0 Å². The second-order valence-electron chi connectivity index (χ2n) is 4.22. The normalized spacial score (nSPS) is 11.6. The molecule has 0 N–H and O–H groups in total. The van der Waals surface area contributed by atoms with E-state index in [-0.39, 0.29) is 5.71 Å². The van der Waals surface area contributed by atoms with E-state index in [1.54, 1.807) is 55.6 Å². The molecule has 0 aliphatic carbocycles. The van der Waals surface area contributed by atoms with Crippen molar-refractivity contribution in [2.45, 2.75) is 6.43 Å². The maximum Gasteiger partial charge on any atom is 0.280 e. The molecule has 0 fully saturated rings. The topological polar surface area (TPSA) is 30.8 Å². The molecule has 2 aromatic rings. The molecule has 2 rings (SSSR count). The van der Waals surface area contributed by atoms with Gasteiger partial charge in [0.2, 0.25) is 0 Å². The highest BCUT2D eigenvalue weighted by atomic mass is 19.3. The van der Waals surface area contributed by atoms with Crippen molar-refractivity contribution in [2.24, 2.45) is 4.99 Å². The Morgan fingerprint density at radius 3 is 1.76 bits per heavy atom. The summed E-state index contributed by atoms with van der Waals surface area (Å²) in [6.07, 6.45) is -2.67. The molecule has 2 aromatic carbocycles. The zero-order valence-corrected chi connectivity index (χ0v) is 11.7. The number of nitrogens with zero attached hydrogens (tertiary/aromatic N) is 1. The lowest BCUT2D eigenvalue weighted by molar-refractivity contribution is 0.226. The number of hydrogen-bond donors (Lipinski definition) is 0. The number of hydrogen-bond acceptors (Lipinski definition) is 3. The van der Waals surface area contributed by atoms with E-state index in [0.29, 0.717) is 22.7 Å². The Hall–Kier alpha value is -2.43. The van der Waals surface area contributed by atoms with Gasteiger partial charge in [-0.15, -0.1) is 0 Å². The first-order chi connectivity index (χ1) is 10.1. The van der Waals surface area contributed by atoms with Crippen molar-refractivity contribution in [3.05, 3.63) is 54.1 Å². The van der Waals surface area contributed by atoms with Crippen LogP contribution in [0.5, 0.6) is 11.5 Å². The molecule has 0 aliphatic rings.